The van der Waals surface area contributed by atoms with Gasteiger partial charge < -0.3 is 14.9 Å². The minimum absolute atomic E-state index is 0.00444. The average molecular weight is 228 g/mol. The van der Waals surface area contributed by atoms with Gasteiger partial charge >= 0.3 is 11.9 Å². The van der Waals surface area contributed by atoms with E-state index in [1.165, 1.54) is 0 Å². The number of ether oxygens (including phenoxy) is 1. The van der Waals surface area contributed by atoms with Gasteiger partial charge in [-0.25, -0.2) is 9.59 Å². The number of hydrogen-bond acceptors (Lipinski definition) is 4. The molecule has 16 heavy (non-hydrogen) atoms. The maximum Gasteiger partial charge on any atom is 0.333 e. The van der Waals surface area contributed by atoms with Crippen LogP contribution in [0.3, 0.4) is 0 Å². The zero-order chi connectivity index (χ0) is 12.6. The predicted molar refractivity (Wildman–Crippen MR) is 57.8 cm³/mol. The topological polar surface area (TPSA) is 83.8 Å². The molecule has 0 aliphatic rings. The van der Waals surface area contributed by atoms with Crippen LogP contribution < -0.4 is 0 Å². The highest BCUT2D eigenvalue weighted by Gasteiger charge is 2.07. The summed E-state index contributed by atoms with van der Waals surface area (Å²) in [5, 5.41) is 17.0. The van der Waals surface area contributed by atoms with Crippen molar-refractivity contribution in [3.05, 3.63) is 23.8 Å². The molecule has 0 rings (SSSR count). The standard InChI is InChI=1S/C11H16O5/c1-8(10(13)14)5-7-16-11(15)9(2)4-3-6-12/h4,12H,1,3,5-7H2,2H3,(H,13,14). The van der Waals surface area contributed by atoms with Crippen LogP contribution in [0, 0.1) is 0 Å². The van der Waals surface area contributed by atoms with E-state index in [9.17, 15) is 9.59 Å². The van der Waals surface area contributed by atoms with Crippen molar-refractivity contribution < 1.29 is 24.5 Å². The number of carboxylic acid groups (broad SMARTS) is 1. The number of carboxylic acids is 1. The lowest BCUT2D eigenvalue weighted by Gasteiger charge is -2.04. The number of carbonyl (C=O) groups excluding carboxylic acids is 1. The van der Waals surface area contributed by atoms with Crippen LogP contribution in [-0.2, 0) is 14.3 Å². The Morgan fingerprint density at radius 2 is 2.06 bits per heavy atom. The minimum atomic E-state index is -1.09. The molecule has 0 aromatic heterocycles. The van der Waals surface area contributed by atoms with Crippen molar-refractivity contribution in [2.24, 2.45) is 0 Å². The summed E-state index contributed by atoms with van der Waals surface area (Å²) in [6.45, 7) is 4.85. The normalized spacial score (nSPS) is 11.0. The highest BCUT2D eigenvalue weighted by Crippen LogP contribution is 2.02. The smallest absolute Gasteiger partial charge is 0.333 e. The first kappa shape index (κ1) is 14.4. The average Bonchev–Trinajstić information content (AvgIpc) is 2.25. The first-order valence-corrected chi connectivity index (χ1v) is 4.84. The number of rotatable bonds is 7. The molecule has 0 aliphatic carbocycles. The van der Waals surface area contributed by atoms with Crippen LogP contribution in [-0.4, -0.2) is 35.4 Å². The molecule has 0 saturated heterocycles. The molecule has 0 atom stereocenters. The molecule has 0 aromatic carbocycles. The van der Waals surface area contributed by atoms with Crippen molar-refractivity contribution in [3.8, 4) is 0 Å². The maximum atomic E-state index is 11.3. The van der Waals surface area contributed by atoms with E-state index in [1.807, 2.05) is 0 Å². The highest BCUT2D eigenvalue weighted by atomic mass is 16.5. The van der Waals surface area contributed by atoms with E-state index in [1.54, 1.807) is 13.0 Å². The largest absolute Gasteiger partial charge is 0.478 e. The summed E-state index contributed by atoms with van der Waals surface area (Å²) in [5.74, 6) is -1.60. The molecule has 0 amide bonds. The summed E-state index contributed by atoms with van der Waals surface area (Å²) in [7, 11) is 0. The lowest BCUT2D eigenvalue weighted by atomic mass is 10.2. The van der Waals surface area contributed by atoms with E-state index in [0.717, 1.165) is 0 Å². The minimum Gasteiger partial charge on any atom is -0.478 e. The molecule has 0 radical (unpaired) electrons. The van der Waals surface area contributed by atoms with Gasteiger partial charge in [-0.3, -0.25) is 0 Å². The van der Waals surface area contributed by atoms with Crippen LogP contribution in [0.4, 0.5) is 0 Å². The van der Waals surface area contributed by atoms with Gasteiger partial charge in [0.25, 0.3) is 0 Å². The third kappa shape index (κ3) is 5.98. The van der Waals surface area contributed by atoms with Gasteiger partial charge in [-0.05, 0) is 13.3 Å². The fourth-order valence-corrected chi connectivity index (χ4v) is 0.852. The summed E-state index contributed by atoms with van der Waals surface area (Å²) in [6.07, 6.45) is 2.06. The maximum absolute atomic E-state index is 11.3. The third-order valence-corrected chi connectivity index (χ3v) is 1.84. The van der Waals surface area contributed by atoms with Gasteiger partial charge in [0.1, 0.15) is 0 Å². The Hall–Kier alpha value is -1.62. The van der Waals surface area contributed by atoms with Crippen molar-refractivity contribution in [1.82, 2.24) is 0 Å². The zero-order valence-corrected chi connectivity index (χ0v) is 9.23. The molecule has 0 aliphatic heterocycles. The Labute approximate surface area is 94.0 Å². The molecule has 0 aromatic rings. The SMILES string of the molecule is C=C(CCOC(=O)C(C)=CCCO)C(=O)O. The molecule has 2 N–H and O–H groups in total. The molecule has 5 nitrogen and oxygen atoms in total. The summed E-state index contributed by atoms with van der Waals surface area (Å²) in [5.41, 5.74) is 0.403. The van der Waals surface area contributed by atoms with Crippen molar-refractivity contribution in [2.45, 2.75) is 19.8 Å². The van der Waals surface area contributed by atoms with Crippen molar-refractivity contribution in [3.63, 3.8) is 0 Å². The number of aliphatic carboxylic acids is 1. The third-order valence-electron chi connectivity index (χ3n) is 1.84. The van der Waals surface area contributed by atoms with E-state index in [4.69, 9.17) is 14.9 Å². The van der Waals surface area contributed by atoms with Gasteiger partial charge in [0, 0.05) is 24.2 Å². The van der Waals surface area contributed by atoms with E-state index in [2.05, 4.69) is 6.58 Å². The molecular weight excluding hydrogens is 212 g/mol. The van der Waals surface area contributed by atoms with Crippen LogP contribution in [0.2, 0.25) is 0 Å². The molecule has 0 spiro atoms. The lowest BCUT2D eigenvalue weighted by molar-refractivity contribution is -0.140. The fourth-order valence-electron chi connectivity index (χ4n) is 0.852. The summed E-state index contributed by atoms with van der Waals surface area (Å²) < 4.78 is 4.81. The Morgan fingerprint density at radius 1 is 1.44 bits per heavy atom. The molecule has 0 unspecified atom stereocenters. The van der Waals surface area contributed by atoms with Gasteiger partial charge in [0.15, 0.2) is 0 Å². The Morgan fingerprint density at radius 3 is 2.56 bits per heavy atom. The Kier molecular flexibility index (Phi) is 6.87. The second-order valence-electron chi connectivity index (χ2n) is 3.19. The van der Waals surface area contributed by atoms with E-state index in [0.29, 0.717) is 12.0 Å². The lowest BCUT2D eigenvalue weighted by Crippen LogP contribution is -2.09. The number of aliphatic hydroxyl groups is 1. The second kappa shape index (κ2) is 7.64. The number of esters is 1. The molecule has 90 valence electrons. The van der Waals surface area contributed by atoms with Crippen LogP contribution in [0.1, 0.15) is 19.8 Å². The molecular formula is C11H16O5. The number of carbonyl (C=O) groups is 2. The Bertz CT molecular complexity index is 303. The van der Waals surface area contributed by atoms with Gasteiger partial charge in [-0.2, -0.15) is 0 Å². The molecule has 5 heteroatoms. The van der Waals surface area contributed by atoms with E-state index < -0.39 is 11.9 Å². The molecule has 0 bridgehead atoms. The van der Waals surface area contributed by atoms with Crippen molar-refractivity contribution in [2.75, 3.05) is 13.2 Å². The van der Waals surface area contributed by atoms with E-state index >= 15 is 0 Å². The summed E-state index contributed by atoms with van der Waals surface area (Å²) >= 11 is 0. The van der Waals surface area contributed by atoms with Gasteiger partial charge in [0.05, 0.1) is 6.61 Å². The van der Waals surface area contributed by atoms with Crippen LogP contribution in [0.15, 0.2) is 23.8 Å². The fraction of sp³-hybridized carbons (Fsp3) is 0.455. The van der Waals surface area contributed by atoms with Crippen molar-refractivity contribution in [1.29, 1.82) is 0 Å². The van der Waals surface area contributed by atoms with Gasteiger partial charge in [0.2, 0.25) is 0 Å². The molecule has 0 heterocycles. The van der Waals surface area contributed by atoms with Crippen LogP contribution in [0.25, 0.3) is 0 Å². The first-order chi connectivity index (χ1) is 7.49. The van der Waals surface area contributed by atoms with Gasteiger partial charge in [-0.1, -0.05) is 12.7 Å². The molecule has 0 saturated carbocycles. The second-order valence-corrected chi connectivity index (χ2v) is 3.19. The summed E-state index contributed by atoms with van der Waals surface area (Å²) in [6, 6.07) is 0. The van der Waals surface area contributed by atoms with Crippen LogP contribution in [0.5, 0.6) is 0 Å². The van der Waals surface area contributed by atoms with Crippen LogP contribution >= 0.6 is 0 Å². The summed E-state index contributed by atoms with van der Waals surface area (Å²) in [4.78, 5) is 21.6. The van der Waals surface area contributed by atoms with E-state index in [-0.39, 0.29) is 25.2 Å². The number of aliphatic hydroxyl groups excluding tert-OH is 1. The number of hydrogen-bond donors (Lipinski definition) is 2. The zero-order valence-electron chi connectivity index (χ0n) is 9.23. The Balaban J connectivity index is 3.90. The van der Waals surface area contributed by atoms with Gasteiger partial charge in [-0.15, -0.1) is 0 Å². The quantitative estimate of drug-likeness (QED) is 0.499. The highest BCUT2D eigenvalue weighted by molar-refractivity contribution is 5.88. The van der Waals surface area contributed by atoms with Crippen molar-refractivity contribution >= 4 is 11.9 Å². The first-order valence-electron chi connectivity index (χ1n) is 4.84. The predicted octanol–water partition coefficient (Wildman–Crippen LogP) is 0.889. The molecule has 0 fully saturated rings. The monoisotopic (exact) mass is 228 g/mol.